The van der Waals surface area contributed by atoms with Crippen molar-refractivity contribution in [3.63, 3.8) is 0 Å². The van der Waals surface area contributed by atoms with Crippen molar-refractivity contribution >= 4 is 11.9 Å². The number of ether oxygens (including phenoxy) is 4. The van der Waals surface area contributed by atoms with Gasteiger partial charge in [-0.05, 0) is 20.8 Å². The van der Waals surface area contributed by atoms with Crippen LogP contribution in [0.4, 0.5) is 0 Å². The Morgan fingerprint density at radius 1 is 0.824 bits per heavy atom. The van der Waals surface area contributed by atoms with Crippen LogP contribution in [0.3, 0.4) is 0 Å². The Bertz CT molecular complexity index is 178. The van der Waals surface area contributed by atoms with Crippen LogP contribution in [0.2, 0.25) is 0 Å². The first-order valence-electron chi connectivity index (χ1n) is 5.51. The fraction of sp³-hybridized carbons (Fsp3) is 0.818. The third-order valence-corrected chi connectivity index (χ3v) is 1.20. The Labute approximate surface area is 102 Å². The van der Waals surface area contributed by atoms with E-state index in [0.29, 0.717) is 19.8 Å². The highest BCUT2D eigenvalue weighted by molar-refractivity contribution is 5.82. The quantitative estimate of drug-likeness (QED) is 0.404. The van der Waals surface area contributed by atoms with E-state index >= 15 is 0 Å². The van der Waals surface area contributed by atoms with Gasteiger partial charge in [-0.15, -0.1) is 0 Å². The van der Waals surface area contributed by atoms with E-state index in [9.17, 15) is 9.59 Å². The molecule has 0 unspecified atom stereocenters. The number of esters is 2. The predicted molar refractivity (Wildman–Crippen MR) is 61.1 cm³/mol. The fourth-order valence-corrected chi connectivity index (χ4v) is 0.755. The summed E-state index contributed by atoms with van der Waals surface area (Å²) in [6.45, 7) is 9.46. The number of hydrogen-bond donors (Lipinski definition) is 0. The van der Waals surface area contributed by atoms with Gasteiger partial charge in [-0.25, -0.2) is 0 Å². The van der Waals surface area contributed by atoms with Crippen LogP contribution in [-0.4, -0.2) is 38.2 Å². The lowest BCUT2D eigenvalue weighted by atomic mass is 10.7. The Kier molecular flexibility index (Phi) is 14.2. The average molecular weight is 250 g/mol. The number of carbonyl (C=O) groups is 2. The lowest BCUT2D eigenvalue weighted by Gasteiger charge is -2.15. The maximum absolute atomic E-state index is 9.81. The van der Waals surface area contributed by atoms with Gasteiger partial charge in [-0.1, -0.05) is 0 Å². The second-order valence-corrected chi connectivity index (χ2v) is 2.74. The molecule has 0 aliphatic heterocycles. The molecule has 0 saturated carbocycles. The van der Waals surface area contributed by atoms with E-state index in [2.05, 4.69) is 4.74 Å². The van der Waals surface area contributed by atoms with Gasteiger partial charge in [0.05, 0.1) is 0 Å². The minimum atomic E-state index is -0.562. The molecule has 0 saturated heterocycles. The summed E-state index contributed by atoms with van der Waals surface area (Å²) in [5, 5.41) is 0. The SMILES string of the molecule is CC(=O)OC(C)=O.CCOC(OCC)OCC. The first kappa shape index (κ1) is 18.4. The molecule has 0 aliphatic rings. The molecule has 6 heteroatoms. The molecule has 0 radical (unpaired) electrons. The van der Waals surface area contributed by atoms with E-state index in [1.165, 1.54) is 13.8 Å². The molecule has 0 rings (SSSR count). The summed E-state index contributed by atoms with van der Waals surface area (Å²) in [7, 11) is 0. The average Bonchev–Trinajstić information content (AvgIpc) is 2.17. The molecule has 0 spiro atoms. The van der Waals surface area contributed by atoms with Crippen molar-refractivity contribution in [3.05, 3.63) is 0 Å². The molecule has 17 heavy (non-hydrogen) atoms. The second kappa shape index (κ2) is 13.1. The maximum atomic E-state index is 9.81. The molecule has 0 bridgehead atoms. The summed E-state index contributed by atoms with van der Waals surface area (Å²) >= 11 is 0. The van der Waals surface area contributed by atoms with Crippen molar-refractivity contribution in [2.24, 2.45) is 0 Å². The van der Waals surface area contributed by atoms with Gasteiger partial charge in [0, 0.05) is 33.7 Å². The van der Waals surface area contributed by atoms with E-state index in [4.69, 9.17) is 14.2 Å². The van der Waals surface area contributed by atoms with Crippen molar-refractivity contribution < 1.29 is 28.5 Å². The van der Waals surface area contributed by atoms with Crippen molar-refractivity contribution in [1.82, 2.24) is 0 Å². The Hall–Kier alpha value is -0.980. The fourth-order valence-electron chi connectivity index (χ4n) is 0.755. The molecule has 0 aromatic carbocycles. The van der Waals surface area contributed by atoms with Crippen LogP contribution in [0.25, 0.3) is 0 Å². The highest BCUT2D eigenvalue weighted by Crippen LogP contribution is 1.95. The monoisotopic (exact) mass is 250 g/mol. The van der Waals surface area contributed by atoms with E-state index < -0.39 is 18.4 Å². The Morgan fingerprint density at radius 2 is 1.12 bits per heavy atom. The molecule has 0 heterocycles. The first-order valence-corrected chi connectivity index (χ1v) is 5.51. The molecular formula is C11H22O6. The van der Waals surface area contributed by atoms with Gasteiger partial charge in [0.25, 0.3) is 6.48 Å². The second-order valence-electron chi connectivity index (χ2n) is 2.74. The van der Waals surface area contributed by atoms with Crippen molar-refractivity contribution in [2.75, 3.05) is 19.8 Å². The minimum absolute atomic E-state index is 0.472. The third kappa shape index (κ3) is 17.6. The highest BCUT2D eigenvalue weighted by atomic mass is 16.8. The first-order chi connectivity index (χ1) is 7.97. The van der Waals surface area contributed by atoms with Gasteiger partial charge in [0.15, 0.2) is 0 Å². The van der Waals surface area contributed by atoms with E-state index in [0.717, 1.165) is 0 Å². The van der Waals surface area contributed by atoms with E-state index in [-0.39, 0.29) is 0 Å². The van der Waals surface area contributed by atoms with Gasteiger partial charge in [-0.3, -0.25) is 9.59 Å². The van der Waals surface area contributed by atoms with Crippen LogP contribution >= 0.6 is 0 Å². The molecule has 0 aromatic rings. The van der Waals surface area contributed by atoms with Gasteiger partial charge in [0.1, 0.15) is 0 Å². The van der Waals surface area contributed by atoms with Crippen LogP contribution in [0.15, 0.2) is 0 Å². The summed E-state index contributed by atoms with van der Waals surface area (Å²) in [5.74, 6) is -1.12. The molecule has 0 aliphatic carbocycles. The van der Waals surface area contributed by atoms with Gasteiger partial charge in [0.2, 0.25) is 0 Å². The lowest BCUT2D eigenvalue weighted by Crippen LogP contribution is -2.20. The largest absolute Gasteiger partial charge is 0.394 e. The van der Waals surface area contributed by atoms with Crippen LogP contribution in [0.1, 0.15) is 34.6 Å². The summed E-state index contributed by atoms with van der Waals surface area (Å²) in [5.41, 5.74) is 0. The predicted octanol–water partition coefficient (Wildman–Crippen LogP) is 1.48. The number of hydrogen-bond acceptors (Lipinski definition) is 6. The van der Waals surface area contributed by atoms with Crippen LogP contribution in [-0.2, 0) is 28.5 Å². The highest BCUT2D eigenvalue weighted by Gasteiger charge is 2.04. The van der Waals surface area contributed by atoms with E-state index in [1.54, 1.807) is 0 Å². The van der Waals surface area contributed by atoms with Gasteiger partial charge < -0.3 is 18.9 Å². The van der Waals surface area contributed by atoms with Gasteiger partial charge in [-0.2, -0.15) is 0 Å². The number of rotatable bonds is 6. The topological polar surface area (TPSA) is 71.1 Å². The van der Waals surface area contributed by atoms with Gasteiger partial charge >= 0.3 is 11.9 Å². The lowest BCUT2D eigenvalue weighted by molar-refractivity contribution is -0.282. The molecule has 0 aromatic heterocycles. The van der Waals surface area contributed by atoms with Crippen LogP contribution in [0.5, 0.6) is 0 Å². The Morgan fingerprint density at radius 3 is 1.24 bits per heavy atom. The smallest absolute Gasteiger partial charge is 0.310 e. The normalized spacial score (nSPS) is 9.53. The van der Waals surface area contributed by atoms with Crippen LogP contribution < -0.4 is 0 Å². The summed E-state index contributed by atoms with van der Waals surface area (Å²) in [6.07, 6.45) is 0. The molecule has 0 amide bonds. The van der Waals surface area contributed by atoms with E-state index in [1.807, 2.05) is 20.8 Å². The molecular weight excluding hydrogens is 228 g/mol. The maximum Gasteiger partial charge on any atom is 0.310 e. The summed E-state index contributed by atoms with van der Waals surface area (Å²) < 4.78 is 19.2. The minimum Gasteiger partial charge on any atom is -0.394 e. The zero-order chi connectivity index (χ0) is 13.7. The summed E-state index contributed by atoms with van der Waals surface area (Å²) in [6, 6.07) is 0. The Balaban J connectivity index is 0. The standard InChI is InChI=1S/C7H16O3.C4H6O3/c1-4-8-7(9-5-2)10-6-3;1-3(5)7-4(2)6/h7H,4-6H2,1-3H3;1-2H3. The third-order valence-electron chi connectivity index (χ3n) is 1.20. The van der Waals surface area contributed by atoms with Crippen molar-refractivity contribution in [2.45, 2.75) is 41.1 Å². The van der Waals surface area contributed by atoms with Crippen molar-refractivity contribution in [3.8, 4) is 0 Å². The zero-order valence-electron chi connectivity index (χ0n) is 11.1. The zero-order valence-corrected chi connectivity index (χ0v) is 11.1. The molecule has 0 fully saturated rings. The molecule has 6 nitrogen and oxygen atoms in total. The summed E-state index contributed by atoms with van der Waals surface area (Å²) in [4.78, 5) is 19.6. The van der Waals surface area contributed by atoms with Crippen molar-refractivity contribution in [1.29, 1.82) is 0 Å². The molecule has 0 atom stereocenters. The van der Waals surface area contributed by atoms with Crippen LogP contribution in [0, 0.1) is 0 Å². The number of carbonyl (C=O) groups excluding carboxylic acids is 2. The molecule has 0 N–H and O–H groups in total. The molecule has 102 valence electrons.